The zero-order valence-corrected chi connectivity index (χ0v) is 11.9. The summed E-state index contributed by atoms with van der Waals surface area (Å²) in [5.74, 6) is 0.660. The van der Waals surface area contributed by atoms with E-state index in [1.54, 1.807) is 24.3 Å². The second kappa shape index (κ2) is 6.13. The zero-order valence-electron chi connectivity index (χ0n) is 11.9. The molecule has 0 aliphatic rings. The minimum Gasteiger partial charge on any atom is -0.493 e. The molecule has 0 spiro atoms. The molecule has 0 fully saturated rings. The van der Waals surface area contributed by atoms with Gasteiger partial charge in [0, 0.05) is 12.2 Å². The first-order valence-electron chi connectivity index (χ1n) is 6.65. The van der Waals surface area contributed by atoms with Crippen LogP contribution in [0.4, 0.5) is 0 Å². The highest BCUT2D eigenvalue weighted by atomic mass is 16.6. The van der Waals surface area contributed by atoms with Gasteiger partial charge in [-0.05, 0) is 24.3 Å². The van der Waals surface area contributed by atoms with Gasteiger partial charge in [0.2, 0.25) is 5.89 Å². The van der Waals surface area contributed by atoms with Crippen molar-refractivity contribution in [2.24, 2.45) is 0 Å². The van der Waals surface area contributed by atoms with Gasteiger partial charge < -0.3 is 13.9 Å². The number of oxazole rings is 1. The summed E-state index contributed by atoms with van der Waals surface area (Å²) in [6.45, 7) is 0. The largest absolute Gasteiger partial charge is 0.493 e. The number of esters is 1. The maximum absolute atomic E-state index is 11.8. The van der Waals surface area contributed by atoms with Crippen LogP contribution in [0.25, 0.3) is 17.2 Å². The summed E-state index contributed by atoms with van der Waals surface area (Å²) in [6, 6.07) is 14.3. The molecular formula is C17H13NO4. The first-order chi connectivity index (χ1) is 10.8. The molecule has 5 heteroatoms. The molecule has 0 aliphatic heterocycles. The van der Waals surface area contributed by atoms with Gasteiger partial charge in [-0.25, -0.2) is 9.78 Å². The number of nitrogens with zero attached hydrogens (tertiary/aromatic N) is 1. The van der Waals surface area contributed by atoms with E-state index in [1.807, 2.05) is 24.3 Å². The van der Waals surface area contributed by atoms with Crippen LogP contribution in [0.5, 0.6) is 11.5 Å². The Morgan fingerprint density at radius 1 is 1.09 bits per heavy atom. The molecule has 3 rings (SSSR count). The number of benzene rings is 2. The van der Waals surface area contributed by atoms with E-state index >= 15 is 0 Å². The number of carbonyl (C=O) groups excluding carboxylic acids is 1. The Balaban J connectivity index is 1.73. The van der Waals surface area contributed by atoms with Crippen LogP contribution in [-0.2, 0) is 4.79 Å². The van der Waals surface area contributed by atoms with E-state index in [9.17, 15) is 4.79 Å². The standard InChI is InChI=1S/C17H13NO4/c1-20-14-8-4-5-9-15(14)22-17(19)11-10-16-18-12-6-2-3-7-13(12)21-16/h2-11H,1H3/b11-10+. The SMILES string of the molecule is COc1ccccc1OC(=O)/C=C/c1nc2ccccc2o1. The van der Waals surface area contributed by atoms with Gasteiger partial charge in [-0.2, -0.15) is 0 Å². The van der Waals surface area contributed by atoms with Crippen LogP contribution in [0.3, 0.4) is 0 Å². The first kappa shape index (κ1) is 13.9. The van der Waals surface area contributed by atoms with Gasteiger partial charge in [-0.3, -0.25) is 0 Å². The fourth-order valence-corrected chi connectivity index (χ4v) is 1.95. The molecule has 0 atom stereocenters. The third-order valence-electron chi connectivity index (χ3n) is 2.95. The summed E-state index contributed by atoms with van der Waals surface area (Å²) < 4.78 is 15.8. The lowest BCUT2D eigenvalue weighted by atomic mass is 10.3. The zero-order chi connectivity index (χ0) is 15.4. The molecule has 0 saturated carbocycles. The van der Waals surface area contributed by atoms with Crippen LogP contribution in [-0.4, -0.2) is 18.1 Å². The quantitative estimate of drug-likeness (QED) is 0.419. The average Bonchev–Trinajstić information content (AvgIpc) is 2.96. The number of para-hydroxylation sites is 4. The van der Waals surface area contributed by atoms with E-state index in [-0.39, 0.29) is 0 Å². The van der Waals surface area contributed by atoms with Gasteiger partial charge >= 0.3 is 5.97 Å². The van der Waals surface area contributed by atoms with Crippen LogP contribution in [0.15, 0.2) is 59.0 Å². The molecule has 2 aromatic carbocycles. The van der Waals surface area contributed by atoms with Gasteiger partial charge in [0.25, 0.3) is 0 Å². The highest BCUT2D eigenvalue weighted by molar-refractivity contribution is 5.88. The molecule has 0 amide bonds. The van der Waals surface area contributed by atoms with Gasteiger partial charge in [-0.1, -0.05) is 24.3 Å². The van der Waals surface area contributed by atoms with Crippen LogP contribution >= 0.6 is 0 Å². The average molecular weight is 295 g/mol. The Morgan fingerprint density at radius 3 is 2.59 bits per heavy atom. The van der Waals surface area contributed by atoms with Gasteiger partial charge in [0.1, 0.15) is 5.52 Å². The second-order valence-corrected chi connectivity index (χ2v) is 4.43. The molecule has 5 nitrogen and oxygen atoms in total. The van der Waals surface area contributed by atoms with Crippen molar-refractivity contribution in [3.63, 3.8) is 0 Å². The molecule has 1 heterocycles. The number of fused-ring (bicyclic) bond motifs is 1. The van der Waals surface area contributed by atoms with Crippen molar-refractivity contribution in [2.75, 3.05) is 7.11 Å². The first-order valence-corrected chi connectivity index (χ1v) is 6.65. The Labute approximate surface area is 126 Å². The topological polar surface area (TPSA) is 61.6 Å². The summed E-state index contributed by atoms with van der Waals surface area (Å²) in [4.78, 5) is 16.1. The van der Waals surface area contributed by atoms with Gasteiger partial charge in [0.15, 0.2) is 17.1 Å². The Hall–Kier alpha value is -3.08. The monoisotopic (exact) mass is 295 g/mol. The van der Waals surface area contributed by atoms with Crippen molar-refractivity contribution in [2.45, 2.75) is 0 Å². The van der Waals surface area contributed by atoms with Crippen molar-refractivity contribution in [1.29, 1.82) is 0 Å². The summed E-state index contributed by atoms with van der Waals surface area (Å²) in [5, 5.41) is 0. The molecule has 0 radical (unpaired) electrons. The number of hydrogen-bond acceptors (Lipinski definition) is 5. The van der Waals surface area contributed by atoms with Crippen LogP contribution in [0.1, 0.15) is 5.89 Å². The van der Waals surface area contributed by atoms with E-state index in [0.717, 1.165) is 5.52 Å². The number of rotatable bonds is 4. The molecule has 0 aliphatic carbocycles. The Morgan fingerprint density at radius 2 is 1.82 bits per heavy atom. The number of aromatic nitrogens is 1. The van der Waals surface area contributed by atoms with Crippen LogP contribution in [0, 0.1) is 0 Å². The highest BCUT2D eigenvalue weighted by Gasteiger charge is 2.07. The Kier molecular flexibility index (Phi) is 3.87. The molecule has 0 unspecified atom stereocenters. The van der Waals surface area contributed by atoms with Crippen molar-refractivity contribution in [3.8, 4) is 11.5 Å². The second-order valence-electron chi connectivity index (χ2n) is 4.43. The summed E-state index contributed by atoms with van der Waals surface area (Å²) >= 11 is 0. The van der Waals surface area contributed by atoms with Crippen LogP contribution in [0.2, 0.25) is 0 Å². The molecule has 3 aromatic rings. The third kappa shape index (κ3) is 2.98. The van der Waals surface area contributed by atoms with Crippen molar-refractivity contribution < 1.29 is 18.7 Å². The van der Waals surface area contributed by atoms with Crippen molar-refractivity contribution >= 4 is 23.1 Å². The number of ether oxygens (including phenoxy) is 2. The van der Waals surface area contributed by atoms with Gasteiger partial charge in [0.05, 0.1) is 7.11 Å². The number of methoxy groups -OCH3 is 1. The van der Waals surface area contributed by atoms with E-state index in [1.165, 1.54) is 19.3 Å². The minimum absolute atomic E-state index is 0.346. The summed E-state index contributed by atoms with van der Waals surface area (Å²) in [5.41, 5.74) is 1.40. The van der Waals surface area contributed by atoms with Crippen molar-refractivity contribution in [1.82, 2.24) is 4.98 Å². The van der Waals surface area contributed by atoms with Gasteiger partial charge in [-0.15, -0.1) is 0 Å². The lowest BCUT2D eigenvalue weighted by Gasteiger charge is -2.06. The molecule has 1 aromatic heterocycles. The molecular weight excluding hydrogens is 282 g/mol. The lowest BCUT2D eigenvalue weighted by Crippen LogP contribution is -2.04. The number of carbonyl (C=O) groups is 1. The summed E-state index contributed by atoms with van der Waals surface area (Å²) in [7, 11) is 1.51. The maximum Gasteiger partial charge on any atom is 0.336 e. The molecule has 0 N–H and O–H groups in total. The maximum atomic E-state index is 11.8. The predicted octanol–water partition coefficient (Wildman–Crippen LogP) is 3.46. The fraction of sp³-hybridized carbons (Fsp3) is 0.0588. The third-order valence-corrected chi connectivity index (χ3v) is 2.95. The predicted molar refractivity (Wildman–Crippen MR) is 81.7 cm³/mol. The number of hydrogen-bond donors (Lipinski definition) is 0. The van der Waals surface area contributed by atoms with Crippen LogP contribution < -0.4 is 9.47 Å². The van der Waals surface area contributed by atoms with E-state index in [0.29, 0.717) is 23.0 Å². The summed E-state index contributed by atoms with van der Waals surface area (Å²) in [6.07, 6.45) is 2.73. The lowest BCUT2D eigenvalue weighted by molar-refractivity contribution is -0.129. The molecule has 0 bridgehead atoms. The molecule has 110 valence electrons. The fourth-order valence-electron chi connectivity index (χ4n) is 1.95. The smallest absolute Gasteiger partial charge is 0.336 e. The van der Waals surface area contributed by atoms with E-state index in [2.05, 4.69) is 4.98 Å². The molecule has 22 heavy (non-hydrogen) atoms. The van der Waals surface area contributed by atoms with E-state index < -0.39 is 5.97 Å². The molecule has 0 saturated heterocycles. The van der Waals surface area contributed by atoms with Crippen molar-refractivity contribution in [3.05, 3.63) is 60.5 Å². The minimum atomic E-state index is -0.535. The van der Waals surface area contributed by atoms with E-state index in [4.69, 9.17) is 13.9 Å². The highest BCUT2D eigenvalue weighted by Crippen LogP contribution is 2.26. The normalized spacial score (nSPS) is 11.0. The Bertz CT molecular complexity index is 802.